The Bertz CT molecular complexity index is 650. The Balaban J connectivity index is 1.90. The van der Waals surface area contributed by atoms with E-state index in [4.69, 9.17) is 4.74 Å². The van der Waals surface area contributed by atoms with Gasteiger partial charge in [-0.25, -0.2) is 0 Å². The average molecular weight is 309 g/mol. The third kappa shape index (κ3) is 5.29. The van der Waals surface area contributed by atoms with Crippen LogP contribution in [0.4, 0.5) is 0 Å². The molecule has 1 unspecified atom stereocenters. The van der Waals surface area contributed by atoms with E-state index in [9.17, 15) is 4.79 Å². The monoisotopic (exact) mass is 309 g/mol. The Morgan fingerprint density at radius 2 is 1.96 bits per heavy atom. The van der Waals surface area contributed by atoms with Crippen LogP contribution in [0, 0.1) is 0 Å². The van der Waals surface area contributed by atoms with Crippen LogP contribution in [0.15, 0.2) is 60.7 Å². The second-order valence-corrected chi connectivity index (χ2v) is 5.37. The average Bonchev–Trinajstić information content (AvgIpc) is 2.61. The van der Waals surface area contributed by atoms with Crippen LogP contribution in [0.25, 0.3) is 6.08 Å². The van der Waals surface area contributed by atoms with E-state index in [1.54, 1.807) is 19.3 Å². The van der Waals surface area contributed by atoms with Crippen molar-refractivity contribution < 1.29 is 9.53 Å². The van der Waals surface area contributed by atoms with E-state index in [-0.39, 0.29) is 5.91 Å². The van der Waals surface area contributed by atoms with Crippen LogP contribution in [-0.2, 0) is 4.79 Å². The molecule has 1 N–H and O–H groups in total. The molecule has 0 bridgehead atoms. The number of rotatable bonds is 7. The molecule has 1 amide bonds. The van der Waals surface area contributed by atoms with E-state index in [0.717, 1.165) is 17.7 Å². The molecule has 0 fully saturated rings. The Labute approximate surface area is 138 Å². The molecule has 120 valence electrons. The van der Waals surface area contributed by atoms with Crippen LogP contribution in [0.1, 0.15) is 30.4 Å². The summed E-state index contributed by atoms with van der Waals surface area (Å²) in [6.45, 7) is 2.78. The fourth-order valence-electron chi connectivity index (χ4n) is 2.42. The second-order valence-electron chi connectivity index (χ2n) is 5.37. The summed E-state index contributed by atoms with van der Waals surface area (Å²) < 4.78 is 5.17. The van der Waals surface area contributed by atoms with Crippen LogP contribution < -0.4 is 10.1 Å². The van der Waals surface area contributed by atoms with Gasteiger partial charge >= 0.3 is 0 Å². The molecular formula is C20H23NO2. The van der Waals surface area contributed by atoms with Crippen molar-refractivity contribution >= 4 is 12.0 Å². The molecule has 0 saturated heterocycles. The molecule has 2 aromatic carbocycles. The topological polar surface area (TPSA) is 38.3 Å². The van der Waals surface area contributed by atoms with E-state index >= 15 is 0 Å². The molecule has 0 aliphatic heterocycles. The quantitative estimate of drug-likeness (QED) is 0.785. The van der Waals surface area contributed by atoms with Crippen molar-refractivity contribution in [2.45, 2.75) is 19.3 Å². The van der Waals surface area contributed by atoms with Crippen molar-refractivity contribution in [2.24, 2.45) is 0 Å². The van der Waals surface area contributed by atoms with E-state index in [2.05, 4.69) is 24.4 Å². The van der Waals surface area contributed by atoms with Crippen molar-refractivity contribution in [3.63, 3.8) is 0 Å². The highest BCUT2D eigenvalue weighted by atomic mass is 16.5. The van der Waals surface area contributed by atoms with Gasteiger partial charge in [0.15, 0.2) is 0 Å². The number of nitrogens with one attached hydrogen (secondary N) is 1. The number of hydrogen-bond acceptors (Lipinski definition) is 2. The molecule has 0 saturated carbocycles. The normalized spacial score (nSPS) is 12.1. The molecule has 3 nitrogen and oxygen atoms in total. The molecular weight excluding hydrogens is 286 g/mol. The molecule has 2 aromatic rings. The Morgan fingerprint density at radius 1 is 1.17 bits per heavy atom. The summed E-state index contributed by atoms with van der Waals surface area (Å²) in [7, 11) is 1.63. The van der Waals surface area contributed by atoms with Crippen LogP contribution in [-0.4, -0.2) is 19.6 Å². The highest BCUT2D eigenvalue weighted by Crippen LogP contribution is 2.18. The zero-order valence-electron chi connectivity index (χ0n) is 13.7. The Morgan fingerprint density at radius 3 is 2.65 bits per heavy atom. The van der Waals surface area contributed by atoms with Gasteiger partial charge in [0, 0.05) is 18.5 Å². The van der Waals surface area contributed by atoms with Gasteiger partial charge in [-0.15, -0.1) is 0 Å². The summed E-state index contributed by atoms with van der Waals surface area (Å²) in [5.41, 5.74) is 2.20. The summed E-state index contributed by atoms with van der Waals surface area (Å²) in [6.07, 6.45) is 4.34. The van der Waals surface area contributed by atoms with Crippen molar-refractivity contribution in [1.82, 2.24) is 5.32 Å². The van der Waals surface area contributed by atoms with Crippen molar-refractivity contribution in [1.29, 1.82) is 0 Å². The minimum Gasteiger partial charge on any atom is -0.497 e. The number of methoxy groups -OCH3 is 1. The predicted molar refractivity (Wildman–Crippen MR) is 94.5 cm³/mol. The standard InChI is InChI=1S/C20H23NO2/c1-3-17(18-9-5-4-6-10-18)15-21-20(22)13-12-16-8-7-11-19(14-16)23-2/h4-14,17H,3,15H2,1-2H3,(H,21,22)/b13-12+. The van der Waals surface area contributed by atoms with Gasteiger partial charge in [0.25, 0.3) is 0 Å². The van der Waals surface area contributed by atoms with Gasteiger partial charge in [-0.2, -0.15) is 0 Å². The minimum absolute atomic E-state index is 0.0813. The van der Waals surface area contributed by atoms with Crippen LogP contribution in [0.3, 0.4) is 0 Å². The van der Waals surface area contributed by atoms with Gasteiger partial charge < -0.3 is 10.1 Å². The lowest BCUT2D eigenvalue weighted by molar-refractivity contribution is -0.116. The molecule has 0 aromatic heterocycles. The number of benzene rings is 2. The van der Waals surface area contributed by atoms with Crippen LogP contribution in [0.2, 0.25) is 0 Å². The van der Waals surface area contributed by atoms with Crippen molar-refractivity contribution in [3.05, 3.63) is 71.8 Å². The highest BCUT2D eigenvalue weighted by molar-refractivity contribution is 5.91. The molecule has 0 aliphatic carbocycles. The summed E-state index contributed by atoms with van der Waals surface area (Å²) >= 11 is 0. The van der Waals surface area contributed by atoms with Gasteiger partial charge in [-0.1, -0.05) is 49.4 Å². The number of ether oxygens (including phenoxy) is 1. The molecule has 2 rings (SSSR count). The van der Waals surface area contributed by atoms with E-state index in [1.807, 2.05) is 42.5 Å². The van der Waals surface area contributed by atoms with E-state index in [1.165, 1.54) is 5.56 Å². The third-order valence-corrected chi connectivity index (χ3v) is 3.81. The third-order valence-electron chi connectivity index (χ3n) is 3.81. The fraction of sp³-hybridized carbons (Fsp3) is 0.250. The number of carbonyl (C=O) groups is 1. The first-order chi connectivity index (χ1) is 11.2. The smallest absolute Gasteiger partial charge is 0.244 e. The Kier molecular flexibility index (Phi) is 6.42. The SMILES string of the molecule is CCC(CNC(=O)/C=C/c1cccc(OC)c1)c1ccccc1. The maximum atomic E-state index is 12.0. The van der Waals surface area contributed by atoms with Crippen molar-refractivity contribution in [3.8, 4) is 5.75 Å². The minimum atomic E-state index is -0.0813. The molecule has 3 heteroatoms. The van der Waals surface area contributed by atoms with Crippen LogP contribution in [0.5, 0.6) is 5.75 Å². The molecule has 0 heterocycles. The second kappa shape index (κ2) is 8.79. The molecule has 0 radical (unpaired) electrons. The number of hydrogen-bond donors (Lipinski definition) is 1. The first kappa shape index (κ1) is 16.8. The number of carbonyl (C=O) groups excluding carboxylic acids is 1. The summed E-state index contributed by atoms with van der Waals surface area (Å²) in [6, 6.07) is 17.9. The summed E-state index contributed by atoms with van der Waals surface area (Å²) in [4.78, 5) is 12.0. The lowest BCUT2D eigenvalue weighted by Crippen LogP contribution is -2.26. The van der Waals surface area contributed by atoms with Gasteiger partial charge in [-0.05, 0) is 35.8 Å². The highest BCUT2D eigenvalue weighted by Gasteiger charge is 2.09. The predicted octanol–water partition coefficient (Wildman–Crippen LogP) is 4.02. The van der Waals surface area contributed by atoms with Crippen molar-refractivity contribution in [2.75, 3.05) is 13.7 Å². The number of amides is 1. The largest absolute Gasteiger partial charge is 0.497 e. The zero-order valence-corrected chi connectivity index (χ0v) is 13.7. The van der Waals surface area contributed by atoms with E-state index < -0.39 is 0 Å². The summed E-state index contributed by atoms with van der Waals surface area (Å²) in [5, 5.41) is 2.97. The summed E-state index contributed by atoms with van der Waals surface area (Å²) in [5.74, 6) is 1.04. The first-order valence-corrected chi connectivity index (χ1v) is 7.88. The van der Waals surface area contributed by atoms with Gasteiger partial charge in [-0.3, -0.25) is 4.79 Å². The maximum absolute atomic E-state index is 12.0. The molecule has 0 spiro atoms. The lowest BCUT2D eigenvalue weighted by atomic mass is 9.96. The van der Waals surface area contributed by atoms with Gasteiger partial charge in [0.1, 0.15) is 5.75 Å². The van der Waals surface area contributed by atoms with Gasteiger partial charge in [0.05, 0.1) is 7.11 Å². The molecule has 23 heavy (non-hydrogen) atoms. The lowest BCUT2D eigenvalue weighted by Gasteiger charge is -2.15. The van der Waals surface area contributed by atoms with Crippen LogP contribution >= 0.6 is 0 Å². The maximum Gasteiger partial charge on any atom is 0.244 e. The first-order valence-electron chi connectivity index (χ1n) is 7.88. The van der Waals surface area contributed by atoms with E-state index in [0.29, 0.717) is 12.5 Å². The fourth-order valence-corrected chi connectivity index (χ4v) is 2.42. The van der Waals surface area contributed by atoms with Gasteiger partial charge in [0.2, 0.25) is 5.91 Å². The molecule has 1 atom stereocenters. The zero-order chi connectivity index (χ0) is 16.5. The Hall–Kier alpha value is -2.55. The molecule has 0 aliphatic rings.